The predicted octanol–water partition coefficient (Wildman–Crippen LogP) is 4.43. The van der Waals surface area contributed by atoms with Crippen LogP contribution in [-0.2, 0) is 13.1 Å². The first-order valence-corrected chi connectivity index (χ1v) is 15.5. The van der Waals surface area contributed by atoms with Gasteiger partial charge in [0.05, 0.1) is 0 Å². The molecular formula is C31H50N8O. The molecule has 1 aromatic heterocycles. The summed E-state index contributed by atoms with van der Waals surface area (Å²) in [4.78, 5) is 25.9. The van der Waals surface area contributed by atoms with Crippen molar-refractivity contribution in [3.63, 3.8) is 0 Å². The van der Waals surface area contributed by atoms with Gasteiger partial charge >= 0.3 is 6.03 Å². The van der Waals surface area contributed by atoms with Crippen LogP contribution in [0.1, 0.15) is 75.1 Å². The molecule has 4 N–H and O–H groups in total. The van der Waals surface area contributed by atoms with E-state index in [1.807, 2.05) is 17.9 Å². The minimum absolute atomic E-state index is 0.0401. The van der Waals surface area contributed by atoms with Crippen LogP contribution in [0.5, 0.6) is 0 Å². The van der Waals surface area contributed by atoms with Crippen molar-refractivity contribution in [3.05, 3.63) is 47.2 Å². The van der Waals surface area contributed by atoms with Gasteiger partial charge in [0, 0.05) is 63.6 Å². The summed E-state index contributed by atoms with van der Waals surface area (Å²) < 4.78 is 0. The van der Waals surface area contributed by atoms with Crippen molar-refractivity contribution in [1.29, 1.82) is 0 Å². The lowest BCUT2D eigenvalue weighted by molar-refractivity contribution is 0.194. The quantitative estimate of drug-likeness (QED) is 0.258. The molecule has 0 spiro atoms. The first kappa shape index (κ1) is 30.1. The van der Waals surface area contributed by atoms with Crippen LogP contribution in [0.25, 0.3) is 0 Å². The molecule has 9 nitrogen and oxygen atoms in total. The molecule has 2 aromatic rings. The van der Waals surface area contributed by atoms with Crippen molar-refractivity contribution >= 4 is 17.8 Å². The van der Waals surface area contributed by atoms with Crippen LogP contribution in [0.3, 0.4) is 0 Å². The van der Waals surface area contributed by atoms with Gasteiger partial charge in [-0.1, -0.05) is 56.9 Å². The molecule has 1 saturated carbocycles. The molecule has 40 heavy (non-hydrogen) atoms. The Morgan fingerprint density at radius 2 is 1.62 bits per heavy atom. The summed E-state index contributed by atoms with van der Waals surface area (Å²) in [5.41, 5.74) is 3.44. The lowest BCUT2D eigenvalue weighted by atomic mass is 9.95. The van der Waals surface area contributed by atoms with E-state index < -0.39 is 0 Å². The number of anilines is 2. The fourth-order valence-electron chi connectivity index (χ4n) is 5.43. The lowest BCUT2D eigenvalue weighted by Crippen LogP contribution is -2.52. The third kappa shape index (κ3) is 9.93. The summed E-state index contributed by atoms with van der Waals surface area (Å²) in [6.07, 6.45) is 10.2. The molecule has 0 atom stereocenters. The van der Waals surface area contributed by atoms with Gasteiger partial charge < -0.3 is 31.1 Å². The normalized spacial score (nSPS) is 16.2. The number of nitrogens with zero attached hydrogens (tertiary/aromatic N) is 4. The van der Waals surface area contributed by atoms with E-state index in [0.29, 0.717) is 25.6 Å². The van der Waals surface area contributed by atoms with Gasteiger partial charge in [0.15, 0.2) is 0 Å². The molecule has 2 heterocycles. The summed E-state index contributed by atoms with van der Waals surface area (Å²) in [5.74, 6) is 1.55. The molecule has 1 aliphatic heterocycles. The number of benzene rings is 1. The number of aryl methyl sites for hydroxylation is 1. The van der Waals surface area contributed by atoms with Crippen LogP contribution in [-0.4, -0.2) is 72.8 Å². The van der Waals surface area contributed by atoms with E-state index in [2.05, 4.69) is 62.3 Å². The summed E-state index contributed by atoms with van der Waals surface area (Å²) in [6, 6.07) is 11.6. The van der Waals surface area contributed by atoms with Gasteiger partial charge in [-0.3, -0.25) is 0 Å². The number of hydrogen-bond acceptors (Lipinski definition) is 7. The highest BCUT2D eigenvalue weighted by Gasteiger charge is 2.22. The second-order valence-corrected chi connectivity index (χ2v) is 11.2. The minimum Gasteiger partial charge on any atom is -0.353 e. The highest BCUT2D eigenvalue weighted by Crippen LogP contribution is 2.18. The van der Waals surface area contributed by atoms with E-state index in [9.17, 15) is 4.79 Å². The largest absolute Gasteiger partial charge is 0.353 e. The van der Waals surface area contributed by atoms with Crippen molar-refractivity contribution in [3.8, 4) is 0 Å². The van der Waals surface area contributed by atoms with E-state index in [4.69, 9.17) is 4.98 Å². The van der Waals surface area contributed by atoms with Gasteiger partial charge in [-0.05, 0) is 56.8 Å². The molecule has 4 rings (SSSR count). The monoisotopic (exact) mass is 550 g/mol. The predicted molar refractivity (Wildman–Crippen MR) is 164 cm³/mol. The number of carbonyl (C=O) groups is 1. The molecule has 1 aromatic carbocycles. The zero-order chi connectivity index (χ0) is 28.0. The van der Waals surface area contributed by atoms with Gasteiger partial charge in [-0.15, -0.1) is 0 Å². The van der Waals surface area contributed by atoms with Gasteiger partial charge in [0.2, 0.25) is 5.95 Å². The second kappa shape index (κ2) is 16.4. The highest BCUT2D eigenvalue weighted by molar-refractivity contribution is 5.74. The molecule has 220 valence electrons. The number of hydrogen-bond donors (Lipinski definition) is 4. The average molecular weight is 551 g/mol. The van der Waals surface area contributed by atoms with Crippen molar-refractivity contribution in [2.24, 2.45) is 0 Å². The van der Waals surface area contributed by atoms with Gasteiger partial charge in [-0.25, -0.2) is 9.78 Å². The van der Waals surface area contributed by atoms with Gasteiger partial charge in [0.25, 0.3) is 0 Å². The van der Waals surface area contributed by atoms with E-state index in [0.717, 1.165) is 69.7 Å². The molecule has 2 aliphatic rings. The summed E-state index contributed by atoms with van der Waals surface area (Å²) >= 11 is 0. The van der Waals surface area contributed by atoms with Crippen LogP contribution in [0.4, 0.5) is 16.6 Å². The molecule has 0 bridgehead atoms. The van der Waals surface area contributed by atoms with E-state index >= 15 is 0 Å². The Labute approximate surface area is 240 Å². The topological polar surface area (TPSA) is 97.5 Å². The smallest absolute Gasteiger partial charge is 0.317 e. The number of carbonyl (C=O) groups excluding carboxylic acids is 1. The van der Waals surface area contributed by atoms with Crippen LogP contribution >= 0.6 is 0 Å². The van der Waals surface area contributed by atoms with Crippen LogP contribution in [0.15, 0.2) is 30.3 Å². The molecule has 2 amide bonds. The van der Waals surface area contributed by atoms with E-state index in [1.54, 1.807) is 0 Å². The Hall–Kier alpha value is -2.91. The number of rotatable bonds is 14. The van der Waals surface area contributed by atoms with Gasteiger partial charge in [0.1, 0.15) is 5.82 Å². The maximum Gasteiger partial charge on any atom is 0.317 e. The number of nitrogens with one attached hydrogen (secondary N) is 4. The first-order chi connectivity index (χ1) is 19.6. The molecule has 2 fully saturated rings. The first-order valence-electron chi connectivity index (χ1n) is 15.5. The Morgan fingerprint density at radius 1 is 0.900 bits per heavy atom. The van der Waals surface area contributed by atoms with Crippen molar-refractivity contribution in [2.45, 2.75) is 84.3 Å². The van der Waals surface area contributed by atoms with E-state index in [1.165, 1.54) is 49.7 Å². The molecule has 0 radical (unpaired) electrons. The van der Waals surface area contributed by atoms with Crippen LogP contribution in [0.2, 0.25) is 0 Å². The van der Waals surface area contributed by atoms with Crippen LogP contribution < -0.4 is 26.2 Å². The number of urea groups is 1. The summed E-state index contributed by atoms with van der Waals surface area (Å²) in [7, 11) is 0. The molecular weight excluding hydrogens is 500 g/mol. The van der Waals surface area contributed by atoms with Crippen molar-refractivity contribution in [1.82, 2.24) is 30.8 Å². The third-order valence-corrected chi connectivity index (χ3v) is 7.91. The second-order valence-electron chi connectivity index (χ2n) is 11.2. The maximum absolute atomic E-state index is 12.4. The fourth-order valence-corrected chi connectivity index (χ4v) is 5.43. The van der Waals surface area contributed by atoms with Crippen molar-refractivity contribution < 1.29 is 4.79 Å². The Balaban J connectivity index is 1.16. The SMILES string of the molecule is CCCCNC(=O)N1CCN(c2cc(C)nc(NCc3ccc(CNCCCNC4CCCCC4)cc3)n2)CC1. The third-order valence-electron chi connectivity index (χ3n) is 7.91. The standard InChI is InChI=1S/C31H50N8O/c1-3-4-16-34-31(40)39-20-18-38(19-21-39)29-22-25(2)36-30(37-29)35-24-27-13-11-26(12-14-27)23-32-15-8-17-33-28-9-6-5-7-10-28/h11-14,22,28,32-33H,3-10,15-21,23-24H2,1-2H3,(H,34,40)(H,35,36,37). The minimum atomic E-state index is 0.0401. The molecule has 0 unspecified atom stereocenters. The number of amides is 2. The summed E-state index contributed by atoms with van der Waals surface area (Å²) in [6.45, 7) is 11.5. The number of aromatic nitrogens is 2. The Bertz CT molecular complexity index is 1020. The average Bonchev–Trinajstić information content (AvgIpc) is 2.99. The fraction of sp³-hybridized carbons (Fsp3) is 0.645. The molecule has 1 saturated heterocycles. The Morgan fingerprint density at radius 3 is 2.35 bits per heavy atom. The van der Waals surface area contributed by atoms with E-state index in [-0.39, 0.29) is 6.03 Å². The number of piperazine rings is 1. The van der Waals surface area contributed by atoms with Crippen molar-refractivity contribution in [2.75, 3.05) is 56.0 Å². The zero-order valence-electron chi connectivity index (χ0n) is 24.7. The zero-order valence-corrected chi connectivity index (χ0v) is 24.7. The lowest BCUT2D eigenvalue weighted by Gasteiger charge is -2.35. The summed E-state index contributed by atoms with van der Waals surface area (Å²) in [5, 5.41) is 13.7. The molecule has 9 heteroatoms. The van der Waals surface area contributed by atoms with Gasteiger partial charge in [-0.2, -0.15) is 4.98 Å². The molecule has 1 aliphatic carbocycles. The maximum atomic E-state index is 12.4. The Kier molecular flexibility index (Phi) is 12.3. The number of unbranched alkanes of at least 4 members (excludes halogenated alkanes) is 1. The highest BCUT2D eigenvalue weighted by atomic mass is 16.2. The van der Waals surface area contributed by atoms with Crippen LogP contribution in [0, 0.1) is 6.92 Å².